The monoisotopic (exact) mass is 298 g/mol. The Hall–Kier alpha value is -2.72. The summed E-state index contributed by atoms with van der Waals surface area (Å²) in [6.07, 6.45) is 2.05. The van der Waals surface area contributed by atoms with Crippen LogP contribution in [0.25, 0.3) is 0 Å². The predicted molar refractivity (Wildman–Crippen MR) is 83.4 cm³/mol. The zero-order valence-electron chi connectivity index (χ0n) is 13.4. The quantitative estimate of drug-likeness (QED) is 0.590. The van der Waals surface area contributed by atoms with Crippen LogP contribution < -0.4 is 0 Å². The molecule has 0 aromatic rings. The molecule has 1 rings (SSSR count). The van der Waals surface area contributed by atoms with E-state index in [4.69, 9.17) is 9.47 Å². The molecule has 4 heteroatoms. The molecule has 0 radical (unpaired) electrons. The van der Waals surface area contributed by atoms with Crippen molar-refractivity contribution in [2.75, 3.05) is 14.2 Å². The number of ketones is 2. The van der Waals surface area contributed by atoms with Gasteiger partial charge in [0.25, 0.3) is 0 Å². The first-order chi connectivity index (χ1) is 10.5. The Morgan fingerprint density at radius 2 is 1.64 bits per heavy atom. The van der Waals surface area contributed by atoms with Gasteiger partial charge in [-0.15, -0.1) is 11.8 Å². The number of allylic oxidation sites excluding steroid dienone is 4. The van der Waals surface area contributed by atoms with Crippen LogP contribution in [-0.4, -0.2) is 25.8 Å². The van der Waals surface area contributed by atoms with Gasteiger partial charge in [-0.3, -0.25) is 9.59 Å². The molecule has 0 aromatic heterocycles. The average molecular weight is 298 g/mol. The molecule has 0 aromatic carbocycles. The van der Waals surface area contributed by atoms with Gasteiger partial charge in [-0.1, -0.05) is 17.9 Å². The van der Waals surface area contributed by atoms with Gasteiger partial charge in [-0.25, -0.2) is 0 Å². The molecule has 0 heterocycles. The lowest BCUT2D eigenvalue weighted by atomic mass is 9.90. The van der Waals surface area contributed by atoms with Crippen molar-refractivity contribution in [1.29, 1.82) is 0 Å². The Bertz CT molecular complexity index is 710. The average Bonchev–Trinajstić information content (AvgIpc) is 2.50. The van der Waals surface area contributed by atoms with Gasteiger partial charge in [0, 0.05) is 5.57 Å². The Balaban J connectivity index is 3.40. The van der Waals surface area contributed by atoms with Crippen LogP contribution >= 0.6 is 0 Å². The third-order valence-corrected chi connectivity index (χ3v) is 3.01. The lowest BCUT2D eigenvalue weighted by molar-refractivity contribution is -0.120. The van der Waals surface area contributed by atoms with E-state index in [0.29, 0.717) is 5.57 Å². The van der Waals surface area contributed by atoms with Crippen molar-refractivity contribution in [3.05, 3.63) is 34.3 Å². The summed E-state index contributed by atoms with van der Waals surface area (Å²) < 4.78 is 10.1. The minimum atomic E-state index is -0.434. The Kier molecular flexibility index (Phi) is 6.23. The number of carbonyl (C=O) groups excluding carboxylic acids is 2. The third-order valence-electron chi connectivity index (χ3n) is 3.01. The number of hydrogen-bond donors (Lipinski definition) is 0. The summed E-state index contributed by atoms with van der Waals surface area (Å²) in [7, 11) is 2.65. The molecule has 1 aliphatic carbocycles. The van der Waals surface area contributed by atoms with E-state index in [0.717, 1.165) is 5.57 Å². The summed E-state index contributed by atoms with van der Waals surface area (Å²) in [6.45, 7) is 5.18. The third kappa shape index (κ3) is 3.48. The number of ether oxygens (including phenoxy) is 2. The molecule has 0 aliphatic heterocycles. The van der Waals surface area contributed by atoms with Crippen LogP contribution in [0.4, 0.5) is 0 Å². The fourth-order valence-corrected chi connectivity index (χ4v) is 2.03. The largest absolute Gasteiger partial charge is 0.489 e. The van der Waals surface area contributed by atoms with E-state index in [2.05, 4.69) is 23.7 Å². The van der Waals surface area contributed by atoms with E-state index in [1.54, 1.807) is 19.9 Å². The molecule has 0 unspecified atom stereocenters. The van der Waals surface area contributed by atoms with Crippen LogP contribution in [-0.2, 0) is 19.1 Å². The molecule has 0 amide bonds. The van der Waals surface area contributed by atoms with Crippen molar-refractivity contribution in [1.82, 2.24) is 0 Å². The highest BCUT2D eigenvalue weighted by Crippen LogP contribution is 2.28. The molecule has 1 aliphatic rings. The van der Waals surface area contributed by atoms with Crippen molar-refractivity contribution in [2.24, 2.45) is 0 Å². The molecular weight excluding hydrogens is 280 g/mol. The number of Topliss-reactive ketones (excluding diaryl/α,β-unsaturated/α-hetero) is 2. The van der Waals surface area contributed by atoms with Crippen molar-refractivity contribution in [3.63, 3.8) is 0 Å². The maximum atomic E-state index is 12.5. The van der Waals surface area contributed by atoms with Crippen LogP contribution in [0.1, 0.15) is 27.2 Å². The zero-order chi connectivity index (χ0) is 16.7. The second kappa shape index (κ2) is 7.90. The highest BCUT2D eigenvalue weighted by atomic mass is 16.5. The second-order valence-electron chi connectivity index (χ2n) is 4.42. The van der Waals surface area contributed by atoms with Gasteiger partial charge in [0.1, 0.15) is 0 Å². The fourth-order valence-electron chi connectivity index (χ4n) is 2.03. The highest BCUT2D eigenvalue weighted by molar-refractivity contribution is 6.25. The molecule has 0 bridgehead atoms. The van der Waals surface area contributed by atoms with Crippen LogP contribution in [0.15, 0.2) is 34.3 Å². The standard InChI is InChI=1S/C18H18O4/c1-6-8-12(3)10-11-14-13(9-7-2)15(19)17(21-4)18(22-5)16(14)20/h10H,11H2,1-5H3. The topological polar surface area (TPSA) is 52.6 Å². The Labute approximate surface area is 130 Å². The molecule has 0 N–H and O–H groups in total. The molecule has 114 valence electrons. The maximum Gasteiger partial charge on any atom is 0.240 e. The number of methoxy groups -OCH3 is 2. The van der Waals surface area contributed by atoms with Crippen LogP contribution in [0.2, 0.25) is 0 Å². The van der Waals surface area contributed by atoms with E-state index in [-0.39, 0.29) is 29.3 Å². The minimum Gasteiger partial charge on any atom is -0.489 e. The summed E-state index contributed by atoms with van der Waals surface area (Å²) in [5.74, 6) is 10.0. The van der Waals surface area contributed by atoms with E-state index in [9.17, 15) is 9.59 Å². The fraction of sp³-hybridized carbons (Fsp3) is 0.333. The summed E-state index contributed by atoms with van der Waals surface area (Å²) in [4.78, 5) is 24.9. The highest BCUT2D eigenvalue weighted by Gasteiger charge is 2.35. The van der Waals surface area contributed by atoms with Crippen molar-refractivity contribution in [3.8, 4) is 23.7 Å². The van der Waals surface area contributed by atoms with E-state index in [1.807, 2.05) is 6.92 Å². The van der Waals surface area contributed by atoms with Gasteiger partial charge < -0.3 is 9.47 Å². The molecular formula is C18H18O4. The lowest BCUT2D eigenvalue weighted by Crippen LogP contribution is -2.25. The molecule has 0 saturated carbocycles. The zero-order valence-corrected chi connectivity index (χ0v) is 13.4. The summed E-state index contributed by atoms with van der Waals surface area (Å²) in [5.41, 5.74) is 1.27. The normalized spacial score (nSPS) is 15.0. The number of rotatable bonds is 4. The Morgan fingerprint density at radius 1 is 1.05 bits per heavy atom. The van der Waals surface area contributed by atoms with Crippen molar-refractivity contribution < 1.29 is 19.1 Å². The molecule has 0 saturated heterocycles. The van der Waals surface area contributed by atoms with Gasteiger partial charge in [0.05, 0.1) is 19.8 Å². The Morgan fingerprint density at radius 3 is 2.14 bits per heavy atom. The first-order valence-corrected chi connectivity index (χ1v) is 6.68. The smallest absolute Gasteiger partial charge is 0.240 e. The van der Waals surface area contributed by atoms with Crippen LogP contribution in [0, 0.1) is 23.7 Å². The van der Waals surface area contributed by atoms with E-state index >= 15 is 0 Å². The molecule has 0 atom stereocenters. The first-order valence-electron chi connectivity index (χ1n) is 6.68. The maximum absolute atomic E-state index is 12.5. The lowest BCUT2D eigenvalue weighted by Gasteiger charge is -2.19. The van der Waals surface area contributed by atoms with Gasteiger partial charge in [-0.2, -0.15) is 0 Å². The number of carbonyl (C=O) groups is 2. The summed E-state index contributed by atoms with van der Waals surface area (Å²) in [6, 6.07) is 0. The van der Waals surface area contributed by atoms with Crippen LogP contribution in [0.3, 0.4) is 0 Å². The van der Waals surface area contributed by atoms with Gasteiger partial charge in [0.15, 0.2) is 0 Å². The summed E-state index contributed by atoms with van der Waals surface area (Å²) in [5, 5.41) is 0. The molecule has 22 heavy (non-hydrogen) atoms. The van der Waals surface area contributed by atoms with Crippen molar-refractivity contribution in [2.45, 2.75) is 27.2 Å². The number of hydrogen-bond acceptors (Lipinski definition) is 4. The minimum absolute atomic E-state index is 0.0863. The second-order valence-corrected chi connectivity index (χ2v) is 4.42. The molecule has 4 nitrogen and oxygen atoms in total. The van der Waals surface area contributed by atoms with Gasteiger partial charge in [0.2, 0.25) is 23.1 Å². The molecule has 0 spiro atoms. The summed E-state index contributed by atoms with van der Waals surface area (Å²) >= 11 is 0. The first kappa shape index (κ1) is 17.3. The SMILES string of the molecule is CC#CC(C)=CCC1=C(C#CC)C(=O)C(OC)=C(OC)C1=O. The van der Waals surface area contributed by atoms with Gasteiger partial charge >= 0.3 is 0 Å². The molecule has 0 fully saturated rings. The van der Waals surface area contributed by atoms with E-state index in [1.165, 1.54) is 14.2 Å². The van der Waals surface area contributed by atoms with Crippen LogP contribution in [0.5, 0.6) is 0 Å². The van der Waals surface area contributed by atoms with E-state index < -0.39 is 5.78 Å². The van der Waals surface area contributed by atoms with Gasteiger partial charge in [-0.05, 0) is 32.8 Å². The van der Waals surface area contributed by atoms with Crippen molar-refractivity contribution >= 4 is 11.6 Å². The predicted octanol–water partition coefficient (Wildman–Crippen LogP) is 2.32.